The Balaban J connectivity index is 2.13. The number of halogens is 4. The van der Waals surface area contributed by atoms with Crippen LogP contribution in [-0.4, -0.2) is 5.78 Å². The fourth-order valence-corrected chi connectivity index (χ4v) is 2.95. The standard InChI is InChI=1S/C15H10BrCl2FO/c16-10-4-9(5-11(19)7-10)6-12(20)8-13-14(17)2-1-3-15(13)18/h1-5,7H,6,8H2. The highest BCUT2D eigenvalue weighted by molar-refractivity contribution is 9.10. The minimum atomic E-state index is -0.377. The Labute approximate surface area is 134 Å². The van der Waals surface area contributed by atoms with Crippen molar-refractivity contribution in [2.75, 3.05) is 0 Å². The van der Waals surface area contributed by atoms with Crippen LogP contribution in [0.1, 0.15) is 11.1 Å². The first-order chi connectivity index (χ1) is 9.45. The number of carbonyl (C=O) groups excluding carboxylic acids is 1. The van der Waals surface area contributed by atoms with Gasteiger partial charge in [0.1, 0.15) is 11.6 Å². The van der Waals surface area contributed by atoms with Gasteiger partial charge in [0.2, 0.25) is 0 Å². The van der Waals surface area contributed by atoms with Gasteiger partial charge in [0.05, 0.1) is 0 Å². The highest BCUT2D eigenvalue weighted by atomic mass is 79.9. The highest BCUT2D eigenvalue weighted by Gasteiger charge is 2.12. The first-order valence-electron chi connectivity index (χ1n) is 5.85. The van der Waals surface area contributed by atoms with Gasteiger partial charge in [-0.1, -0.05) is 45.2 Å². The zero-order valence-corrected chi connectivity index (χ0v) is 13.4. The third kappa shape index (κ3) is 4.05. The van der Waals surface area contributed by atoms with Gasteiger partial charge < -0.3 is 0 Å². The summed E-state index contributed by atoms with van der Waals surface area (Å²) in [4.78, 5) is 12.1. The molecule has 0 saturated heterocycles. The number of rotatable bonds is 4. The van der Waals surface area contributed by atoms with E-state index in [1.54, 1.807) is 24.3 Å². The lowest BCUT2D eigenvalue weighted by Gasteiger charge is -2.07. The number of hydrogen-bond donors (Lipinski definition) is 0. The molecule has 104 valence electrons. The first-order valence-corrected chi connectivity index (χ1v) is 7.40. The first kappa shape index (κ1) is 15.5. The smallest absolute Gasteiger partial charge is 0.141 e. The Hall–Kier alpha value is -0.900. The third-order valence-electron chi connectivity index (χ3n) is 2.76. The molecular weight excluding hydrogens is 366 g/mol. The average Bonchev–Trinajstić information content (AvgIpc) is 2.32. The van der Waals surface area contributed by atoms with Crippen LogP contribution in [0.25, 0.3) is 0 Å². The molecule has 0 spiro atoms. The maximum Gasteiger partial charge on any atom is 0.141 e. The Bertz CT molecular complexity index is 618. The van der Waals surface area contributed by atoms with Crippen molar-refractivity contribution >= 4 is 44.9 Å². The molecule has 0 aliphatic heterocycles. The van der Waals surface area contributed by atoms with Crippen LogP contribution in [-0.2, 0) is 17.6 Å². The number of hydrogen-bond acceptors (Lipinski definition) is 1. The number of carbonyl (C=O) groups is 1. The molecule has 0 fully saturated rings. The molecule has 2 aromatic carbocycles. The van der Waals surface area contributed by atoms with Gasteiger partial charge >= 0.3 is 0 Å². The van der Waals surface area contributed by atoms with Crippen molar-refractivity contribution in [3.63, 3.8) is 0 Å². The minimum absolute atomic E-state index is 0.0718. The van der Waals surface area contributed by atoms with Crippen molar-refractivity contribution in [2.24, 2.45) is 0 Å². The molecule has 0 radical (unpaired) electrons. The molecule has 2 rings (SSSR count). The van der Waals surface area contributed by atoms with Gasteiger partial charge in [0.25, 0.3) is 0 Å². The summed E-state index contributed by atoms with van der Waals surface area (Å²) in [6.07, 6.45) is 0.268. The Morgan fingerprint density at radius 2 is 1.75 bits per heavy atom. The molecule has 0 amide bonds. The Kier molecular flexibility index (Phi) is 5.19. The van der Waals surface area contributed by atoms with Crippen molar-refractivity contribution in [2.45, 2.75) is 12.8 Å². The summed E-state index contributed by atoms with van der Waals surface area (Å²) >= 11 is 15.2. The summed E-state index contributed by atoms with van der Waals surface area (Å²) in [7, 11) is 0. The molecule has 0 aliphatic rings. The summed E-state index contributed by atoms with van der Waals surface area (Å²) in [5, 5.41) is 0.928. The van der Waals surface area contributed by atoms with Gasteiger partial charge in [0.15, 0.2) is 0 Å². The highest BCUT2D eigenvalue weighted by Crippen LogP contribution is 2.25. The molecular formula is C15H10BrCl2FO. The van der Waals surface area contributed by atoms with Gasteiger partial charge in [0, 0.05) is 27.4 Å². The van der Waals surface area contributed by atoms with Crippen molar-refractivity contribution in [3.05, 3.63) is 67.9 Å². The maximum absolute atomic E-state index is 13.3. The van der Waals surface area contributed by atoms with Gasteiger partial charge in [-0.25, -0.2) is 4.39 Å². The topological polar surface area (TPSA) is 17.1 Å². The van der Waals surface area contributed by atoms with E-state index >= 15 is 0 Å². The van der Waals surface area contributed by atoms with Crippen LogP contribution in [0, 0.1) is 5.82 Å². The summed E-state index contributed by atoms with van der Waals surface area (Å²) < 4.78 is 13.9. The molecule has 0 heterocycles. The van der Waals surface area contributed by atoms with Crippen molar-refractivity contribution < 1.29 is 9.18 Å². The molecule has 0 aliphatic carbocycles. The predicted octanol–water partition coefficient (Wildman–Crippen LogP) is 5.25. The molecule has 0 saturated carbocycles. The second-order valence-corrected chi connectivity index (χ2v) is 6.10. The molecule has 1 nitrogen and oxygen atoms in total. The van der Waals surface area contributed by atoms with Gasteiger partial charge in [-0.3, -0.25) is 4.79 Å². The van der Waals surface area contributed by atoms with Gasteiger partial charge in [-0.05, 0) is 41.5 Å². The molecule has 20 heavy (non-hydrogen) atoms. The van der Waals surface area contributed by atoms with E-state index in [1.807, 2.05) is 0 Å². The maximum atomic E-state index is 13.3. The second kappa shape index (κ2) is 6.70. The Morgan fingerprint density at radius 1 is 1.10 bits per heavy atom. The van der Waals surface area contributed by atoms with E-state index in [4.69, 9.17) is 23.2 Å². The lowest BCUT2D eigenvalue weighted by molar-refractivity contribution is -0.117. The fraction of sp³-hybridized carbons (Fsp3) is 0.133. The number of Topliss-reactive ketones (excluding diaryl/α,β-unsaturated/α-hetero) is 1. The van der Waals surface area contributed by atoms with E-state index < -0.39 is 0 Å². The van der Waals surface area contributed by atoms with E-state index in [1.165, 1.54) is 12.1 Å². The summed E-state index contributed by atoms with van der Waals surface area (Å²) in [5.74, 6) is -0.449. The molecule has 0 bridgehead atoms. The van der Waals surface area contributed by atoms with Crippen molar-refractivity contribution in [3.8, 4) is 0 Å². The van der Waals surface area contributed by atoms with E-state index in [0.717, 1.165) is 0 Å². The van der Waals surface area contributed by atoms with Crippen LogP contribution in [0.3, 0.4) is 0 Å². The molecule has 5 heteroatoms. The average molecular weight is 376 g/mol. The molecule has 0 atom stereocenters. The van der Waals surface area contributed by atoms with Gasteiger partial charge in [-0.15, -0.1) is 0 Å². The predicted molar refractivity (Wildman–Crippen MR) is 83.0 cm³/mol. The molecule has 0 unspecified atom stereocenters. The molecule has 0 aromatic heterocycles. The largest absolute Gasteiger partial charge is 0.299 e. The summed E-state index contributed by atoms with van der Waals surface area (Å²) in [6.45, 7) is 0. The SMILES string of the molecule is O=C(Cc1cc(F)cc(Br)c1)Cc1c(Cl)cccc1Cl. The monoisotopic (exact) mass is 374 g/mol. The van der Waals surface area contributed by atoms with Crippen LogP contribution >= 0.6 is 39.1 Å². The Morgan fingerprint density at radius 3 is 2.35 bits per heavy atom. The molecule has 0 N–H and O–H groups in total. The van der Waals surface area contributed by atoms with Crippen molar-refractivity contribution in [1.82, 2.24) is 0 Å². The minimum Gasteiger partial charge on any atom is -0.299 e. The second-order valence-electron chi connectivity index (χ2n) is 4.37. The zero-order chi connectivity index (χ0) is 14.7. The van der Waals surface area contributed by atoms with E-state index in [9.17, 15) is 9.18 Å². The summed E-state index contributed by atoms with van der Waals surface area (Å²) in [6, 6.07) is 9.51. The number of benzene rings is 2. The summed E-state index contributed by atoms with van der Waals surface area (Å²) in [5.41, 5.74) is 1.22. The lowest BCUT2D eigenvalue weighted by atomic mass is 10.0. The van der Waals surface area contributed by atoms with E-state index in [0.29, 0.717) is 25.6 Å². The van der Waals surface area contributed by atoms with E-state index in [2.05, 4.69) is 15.9 Å². The lowest BCUT2D eigenvalue weighted by Crippen LogP contribution is -2.07. The zero-order valence-electron chi connectivity index (χ0n) is 10.3. The van der Waals surface area contributed by atoms with Gasteiger partial charge in [-0.2, -0.15) is 0 Å². The molecule has 2 aromatic rings. The quantitative estimate of drug-likeness (QED) is 0.713. The fourth-order valence-electron chi connectivity index (χ4n) is 1.90. The normalized spacial score (nSPS) is 10.6. The van der Waals surface area contributed by atoms with Crippen LogP contribution in [0.5, 0.6) is 0 Å². The third-order valence-corrected chi connectivity index (χ3v) is 3.93. The van der Waals surface area contributed by atoms with Crippen LogP contribution in [0.15, 0.2) is 40.9 Å². The van der Waals surface area contributed by atoms with E-state index in [-0.39, 0.29) is 24.4 Å². The van der Waals surface area contributed by atoms with Crippen molar-refractivity contribution in [1.29, 1.82) is 0 Å². The van der Waals surface area contributed by atoms with Crippen LogP contribution in [0.2, 0.25) is 10.0 Å². The number of ketones is 1. The van der Waals surface area contributed by atoms with Crippen LogP contribution < -0.4 is 0 Å². The van der Waals surface area contributed by atoms with Crippen LogP contribution in [0.4, 0.5) is 4.39 Å².